The number of anilines is 1. The quantitative estimate of drug-likeness (QED) is 0.712. The Labute approximate surface area is 152 Å². The molecular formula is C21H19N3O2. The van der Waals surface area contributed by atoms with Crippen molar-refractivity contribution in [3.05, 3.63) is 66.2 Å². The van der Waals surface area contributed by atoms with Crippen LogP contribution in [0.4, 0.5) is 5.82 Å². The maximum atomic E-state index is 9.70. The van der Waals surface area contributed by atoms with Gasteiger partial charge in [0.05, 0.1) is 19.4 Å². The van der Waals surface area contributed by atoms with E-state index >= 15 is 0 Å². The zero-order valence-corrected chi connectivity index (χ0v) is 14.4. The summed E-state index contributed by atoms with van der Waals surface area (Å²) in [6.07, 6.45) is 0. The number of hydrogen-bond acceptors (Lipinski definition) is 5. The molecule has 5 heteroatoms. The Morgan fingerprint density at radius 3 is 2.42 bits per heavy atom. The van der Waals surface area contributed by atoms with Crippen LogP contribution in [0.3, 0.4) is 0 Å². The number of pyridine rings is 1. The number of nitriles is 1. The average molecular weight is 345 g/mol. The summed E-state index contributed by atoms with van der Waals surface area (Å²) in [6.45, 7) is 0.280. The summed E-state index contributed by atoms with van der Waals surface area (Å²) in [5, 5.41) is 21.9. The first-order valence-electron chi connectivity index (χ1n) is 8.26. The van der Waals surface area contributed by atoms with Gasteiger partial charge in [0.25, 0.3) is 0 Å². The van der Waals surface area contributed by atoms with E-state index in [0.717, 1.165) is 28.1 Å². The van der Waals surface area contributed by atoms with E-state index in [0.29, 0.717) is 17.9 Å². The number of hydrogen-bond donors (Lipinski definition) is 2. The molecule has 0 aliphatic carbocycles. The summed E-state index contributed by atoms with van der Waals surface area (Å²) in [6, 6.07) is 21.5. The number of benzene rings is 2. The fraction of sp³-hybridized carbons (Fsp3) is 0.143. The number of aromatic nitrogens is 1. The molecule has 0 aliphatic rings. The van der Waals surface area contributed by atoms with Crippen LogP contribution in [0.25, 0.3) is 22.4 Å². The van der Waals surface area contributed by atoms with Crippen molar-refractivity contribution in [2.45, 2.75) is 0 Å². The number of aliphatic hydroxyl groups excluding tert-OH is 1. The second-order valence-electron chi connectivity index (χ2n) is 5.64. The van der Waals surface area contributed by atoms with Crippen LogP contribution in [0.15, 0.2) is 60.7 Å². The molecule has 0 saturated carbocycles. The molecular weight excluding hydrogens is 326 g/mol. The van der Waals surface area contributed by atoms with Gasteiger partial charge in [-0.15, -0.1) is 0 Å². The number of nitrogens with zero attached hydrogens (tertiary/aromatic N) is 2. The lowest BCUT2D eigenvalue weighted by molar-refractivity contribution is 0.311. The molecule has 0 unspecified atom stereocenters. The Balaban J connectivity index is 2.18. The molecule has 0 bridgehead atoms. The molecule has 5 nitrogen and oxygen atoms in total. The third-order valence-corrected chi connectivity index (χ3v) is 4.01. The first kappa shape index (κ1) is 17.5. The number of ether oxygens (including phenoxy) is 1. The molecule has 0 amide bonds. The van der Waals surface area contributed by atoms with Crippen LogP contribution in [0, 0.1) is 11.3 Å². The molecule has 0 fully saturated rings. The standard InChI is InChI=1S/C21H19N3O2/c1-26-17-9-7-15(8-10-17)18-13-20(16-5-3-2-4-6-16)24-21(19(18)14-22)23-11-12-25/h2-10,13,25H,11-12H2,1H3,(H,23,24). The minimum Gasteiger partial charge on any atom is -0.497 e. The molecule has 1 aromatic heterocycles. The van der Waals surface area contributed by atoms with Crippen molar-refractivity contribution < 1.29 is 9.84 Å². The van der Waals surface area contributed by atoms with Gasteiger partial charge in [0.15, 0.2) is 0 Å². The van der Waals surface area contributed by atoms with Gasteiger partial charge in [0.2, 0.25) is 0 Å². The van der Waals surface area contributed by atoms with E-state index in [-0.39, 0.29) is 6.61 Å². The zero-order valence-electron chi connectivity index (χ0n) is 14.4. The van der Waals surface area contributed by atoms with E-state index in [1.807, 2.05) is 60.7 Å². The summed E-state index contributed by atoms with van der Waals surface area (Å²) in [4.78, 5) is 4.60. The number of rotatable bonds is 6. The van der Waals surface area contributed by atoms with Crippen LogP contribution in [-0.2, 0) is 0 Å². The molecule has 26 heavy (non-hydrogen) atoms. The Bertz CT molecular complexity index is 916. The normalized spacial score (nSPS) is 10.2. The summed E-state index contributed by atoms with van der Waals surface area (Å²) in [5.74, 6) is 1.22. The molecule has 0 saturated heterocycles. The largest absolute Gasteiger partial charge is 0.497 e. The van der Waals surface area contributed by atoms with Crippen LogP contribution in [0.2, 0.25) is 0 Å². The van der Waals surface area contributed by atoms with Gasteiger partial charge in [-0.3, -0.25) is 0 Å². The van der Waals surface area contributed by atoms with Gasteiger partial charge < -0.3 is 15.2 Å². The second kappa shape index (κ2) is 8.15. The molecule has 3 rings (SSSR count). The van der Waals surface area contributed by atoms with Crippen LogP contribution in [-0.4, -0.2) is 30.4 Å². The van der Waals surface area contributed by atoms with E-state index in [2.05, 4.69) is 16.4 Å². The van der Waals surface area contributed by atoms with Gasteiger partial charge in [0.1, 0.15) is 23.2 Å². The van der Waals surface area contributed by atoms with E-state index in [4.69, 9.17) is 9.84 Å². The van der Waals surface area contributed by atoms with E-state index < -0.39 is 0 Å². The predicted molar refractivity (Wildman–Crippen MR) is 102 cm³/mol. The highest BCUT2D eigenvalue weighted by Gasteiger charge is 2.15. The second-order valence-corrected chi connectivity index (χ2v) is 5.64. The summed E-state index contributed by atoms with van der Waals surface area (Å²) in [5.41, 5.74) is 3.84. The minimum atomic E-state index is -0.0417. The van der Waals surface area contributed by atoms with Crippen molar-refractivity contribution in [1.29, 1.82) is 5.26 Å². The van der Waals surface area contributed by atoms with Crippen LogP contribution in [0.5, 0.6) is 5.75 Å². The lowest BCUT2D eigenvalue weighted by Crippen LogP contribution is -2.09. The SMILES string of the molecule is COc1ccc(-c2cc(-c3ccccc3)nc(NCCO)c2C#N)cc1. The third kappa shape index (κ3) is 3.66. The van der Waals surface area contributed by atoms with Gasteiger partial charge in [-0.1, -0.05) is 42.5 Å². The minimum absolute atomic E-state index is 0.0417. The molecule has 0 radical (unpaired) electrons. The Kier molecular flexibility index (Phi) is 5.47. The van der Waals surface area contributed by atoms with Crippen molar-refractivity contribution in [2.24, 2.45) is 0 Å². The number of aliphatic hydroxyl groups is 1. The molecule has 130 valence electrons. The van der Waals surface area contributed by atoms with Gasteiger partial charge in [-0.05, 0) is 23.8 Å². The molecule has 3 aromatic rings. The van der Waals surface area contributed by atoms with Crippen molar-refractivity contribution >= 4 is 5.82 Å². The molecule has 2 aromatic carbocycles. The summed E-state index contributed by atoms with van der Waals surface area (Å²) >= 11 is 0. The van der Waals surface area contributed by atoms with E-state index in [1.165, 1.54) is 0 Å². The monoisotopic (exact) mass is 345 g/mol. The zero-order chi connectivity index (χ0) is 18.4. The van der Waals surface area contributed by atoms with Crippen LogP contribution in [0.1, 0.15) is 5.56 Å². The topological polar surface area (TPSA) is 78.2 Å². The van der Waals surface area contributed by atoms with Crippen molar-refractivity contribution in [3.63, 3.8) is 0 Å². The fourth-order valence-electron chi connectivity index (χ4n) is 2.72. The Hall–Kier alpha value is -3.36. The average Bonchev–Trinajstić information content (AvgIpc) is 2.72. The Morgan fingerprint density at radius 1 is 1.08 bits per heavy atom. The van der Waals surface area contributed by atoms with Gasteiger partial charge in [-0.2, -0.15) is 5.26 Å². The first-order chi connectivity index (χ1) is 12.8. The molecule has 0 atom stereocenters. The maximum absolute atomic E-state index is 9.70. The van der Waals surface area contributed by atoms with Gasteiger partial charge in [-0.25, -0.2) is 4.98 Å². The van der Waals surface area contributed by atoms with Gasteiger partial charge >= 0.3 is 0 Å². The van der Waals surface area contributed by atoms with Gasteiger partial charge in [0, 0.05) is 17.7 Å². The molecule has 1 heterocycles. The van der Waals surface area contributed by atoms with Crippen molar-refractivity contribution in [1.82, 2.24) is 4.98 Å². The lowest BCUT2D eigenvalue weighted by atomic mass is 9.98. The summed E-state index contributed by atoms with van der Waals surface area (Å²) < 4.78 is 5.21. The van der Waals surface area contributed by atoms with Crippen molar-refractivity contribution in [3.8, 4) is 34.2 Å². The van der Waals surface area contributed by atoms with E-state index in [1.54, 1.807) is 7.11 Å². The summed E-state index contributed by atoms with van der Waals surface area (Å²) in [7, 11) is 1.62. The maximum Gasteiger partial charge on any atom is 0.145 e. The Morgan fingerprint density at radius 2 is 1.81 bits per heavy atom. The first-order valence-corrected chi connectivity index (χ1v) is 8.26. The van der Waals surface area contributed by atoms with Crippen LogP contribution >= 0.6 is 0 Å². The molecule has 0 spiro atoms. The lowest BCUT2D eigenvalue weighted by Gasteiger charge is -2.14. The number of nitrogens with one attached hydrogen (secondary N) is 1. The fourth-order valence-corrected chi connectivity index (χ4v) is 2.72. The highest BCUT2D eigenvalue weighted by atomic mass is 16.5. The van der Waals surface area contributed by atoms with E-state index in [9.17, 15) is 5.26 Å². The van der Waals surface area contributed by atoms with Crippen molar-refractivity contribution in [2.75, 3.05) is 25.6 Å². The number of methoxy groups -OCH3 is 1. The predicted octanol–water partition coefficient (Wildman–Crippen LogP) is 3.70. The smallest absolute Gasteiger partial charge is 0.145 e. The highest BCUT2D eigenvalue weighted by molar-refractivity contribution is 5.81. The molecule has 2 N–H and O–H groups in total. The molecule has 0 aliphatic heterocycles. The third-order valence-electron chi connectivity index (χ3n) is 4.01. The highest BCUT2D eigenvalue weighted by Crippen LogP contribution is 2.33. The van der Waals surface area contributed by atoms with Crippen LogP contribution < -0.4 is 10.1 Å².